The molecule has 116 valence electrons. The Hall–Kier alpha value is -2.09. The Morgan fingerprint density at radius 3 is 3.00 bits per heavy atom. The monoisotopic (exact) mass is 318 g/mol. The number of aromatic nitrogens is 4. The lowest BCUT2D eigenvalue weighted by atomic mass is 10.1. The van der Waals surface area contributed by atoms with Gasteiger partial charge in [-0.25, -0.2) is 0 Å². The van der Waals surface area contributed by atoms with Crippen LogP contribution in [0.15, 0.2) is 6.07 Å². The average molecular weight is 318 g/mol. The second-order valence-electron chi connectivity index (χ2n) is 5.11. The first kappa shape index (κ1) is 14.8. The van der Waals surface area contributed by atoms with Crippen LogP contribution >= 0.6 is 11.5 Å². The van der Waals surface area contributed by atoms with Crippen molar-refractivity contribution in [3.8, 4) is 0 Å². The molecule has 0 fully saturated rings. The molecule has 2 aromatic heterocycles. The van der Waals surface area contributed by atoms with Crippen molar-refractivity contribution in [3.05, 3.63) is 27.9 Å². The van der Waals surface area contributed by atoms with Crippen LogP contribution in [0, 0.1) is 0 Å². The Morgan fingerprint density at radius 1 is 1.36 bits per heavy atom. The lowest BCUT2D eigenvalue weighted by molar-refractivity contribution is 0.0737. The average Bonchev–Trinajstić information content (AvgIpc) is 3.02. The number of amides is 1. The van der Waals surface area contributed by atoms with Gasteiger partial charge in [-0.05, 0) is 36.5 Å². The van der Waals surface area contributed by atoms with Crippen molar-refractivity contribution in [2.75, 3.05) is 18.4 Å². The van der Waals surface area contributed by atoms with Gasteiger partial charge in [0, 0.05) is 26.1 Å². The quantitative estimate of drug-likeness (QED) is 0.920. The van der Waals surface area contributed by atoms with Crippen LogP contribution in [0.5, 0.6) is 0 Å². The van der Waals surface area contributed by atoms with Crippen LogP contribution in [0.1, 0.15) is 40.5 Å². The summed E-state index contributed by atoms with van der Waals surface area (Å²) in [6.45, 7) is 6.01. The third-order valence-electron chi connectivity index (χ3n) is 3.67. The Labute approximate surface area is 132 Å². The molecule has 0 unspecified atom stereocenters. The molecule has 0 bridgehead atoms. The first-order chi connectivity index (χ1) is 10.7. The molecular weight excluding hydrogens is 300 g/mol. The van der Waals surface area contributed by atoms with E-state index in [-0.39, 0.29) is 5.91 Å². The molecule has 0 saturated heterocycles. The van der Waals surface area contributed by atoms with E-state index >= 15 is 0 Å². The highest BCUT2D eigenvalue weighted by atomic mass is 32.1. The smallest absolute Gasteiger partial charge is 0.267 e. The van der Waals surface area contributed by atoms with Crippen molar-refractivity contribution >= 4 is 23.3 Å². The van der Waals surface area contributed by atoms with E-state index in [1.165, 1.54) is 11.5 Å². The normalized spacial score (nSPS) is 13.8. The third kappa shape index (κ3) is 2.78. The lowest BCUT2D eigenvalue weighted by Gasteiger charge is -2.27. The van der Waals surface area contributed by atoms with E-state index in [4.69, 9.17) is 0 Å². The van der Waals surface area contributed by atoms with Crippen molar-refractivity contribution in [3.63, 3.8) is 0 Å². The predicted molar refractivity (Wildman–Crippen MR) is 83.9 cm³/mol. The second kappa shape index (κ2) is 6.35. The van der Waals surface area contributed by atoms with Crippen LogP contribution in [0.3, 0.4) is 0 Å². The molecule has 1 N–H and O–H groups in total. The van der Waals surface area contributed by atoms with Gasteiger partial charge in [-0.1, -0.05) is 11.4 Å². The standard InChI is InChI=1S/C14H18N6OS/c1-3-10-13(22-19-17-10)14(21)20-6-5-11-9(8-20)7-12(15-4-2)18-16-11/h7H,3-6,8H2,1-2H3,(H,15,18). The first-order valence-corrected chi connectivity index (χ1v) is 8.20. The van der Waals surface area contributed by atoms with E-state index in [0.717, 1.165) is 42.2 Å². The van der Waals surface area contributed by atoms with E-state index < -0.39 is 0 Å². The largest absolute Gasteiger partial charge is 0.369 e. The van der Waals surface area contributed by atoms with Crippen LogP contribution in [-0.2, 0) is 19.4 Å². The number of aryl methyl sites for hydroxylation is 1. The fourth-order valence-electron chi connectivity index (χ4n) is 2.52. The van der Waals surface area contributed by atoms with Gasteiger partial charge in [0.1, 0.15) is 10.7 Å². The first-order valence-electron chi connectivity index (χ1n) is 7.42. The third-order valence-corrected chi connectivity index (χ3v) is 4.43. The summed E-state index contributed by atoms with van der Waals surface area (Å²) in [6.07, 6.45) is 1.45. The molecule has 0 spiro atoms. The minimum atomic E-state index is 0.0133. The number of hydrogen-bond acceptors (Lipinski definition) is 7. The molecule has 1 aliphatic heterocycles. The summed E-state index contributed by atoms with van der Waals surface area (Å²) >= 11 is 1.18. The molecule has 1 aliphatic rings. The molecule has 7 nitrogen and oxygen atoms in total. The van der Waals surface area contributed by atoms with Crippen molar-refractivity contribution in [1.29, 1.82) is 0 Å². The maximum Gasteiger partial charge on any atom is 0.267 e. The summed E-state index contributed by atoms with van der Waals surface area (Å²) in [5.41, 5.74) is 2.81. The number of carbonyl (C=O) groups is 1. The van der Waals surface area contributed by atoms with Crippen molar-refractivity contribution in [1.82, 2.24) is 24.7 Å². The molecule has 3 rings (SSSR count). The van der Waals surface area contributed by atoms with Gasteiger partial charge in [0.15, 0.2) is 0 Å². The van der Waals surface area contributed by atoms with E-state index in [1.807, 2.05) is 24.8 Å². The minimum absolute atomic E-state index is 0.0133. The van der Waals surface area contributed by atoms with Crippen molar-refractivity contribution < 1.29 is 4.79 Å². The predicted octanol–water partition coefficient (Wildman–Crippen LogP) is 1.52. The zero-order valence-corrected chi connectivity index (χ0v) is 13.5. The number of nitrogens with one attached hydrogen (secondary N) is 1. The Balaban J connectivity index is 1.81. The number of anilines is 1. The fourth-order valence-corrected chi connectivity index (χ4v) is 3.23. The molecule has 3 heterocycles. The van der Waals surface area contributed by atoms with E-state index in [1.54, 1.807) is 0 Å². The number of fused-ring (bicyclic) bond motifs is 1. The Kier molecular flexibility index (Phi) is 4.28. The highest BCUT2D eigenvalue weighted by Gasteiger charge is 2.26. The minimum Gasteiger partial charge on any atom is -0.369 e. The highest BCUT2D eigenvalue weighted by molar-refractivity contribution is 7.08. The summed E-state index contributed by atoms with van der Waals surface area (Å²) < 4.78 is 3.90. The van der Waals surface area contributed by atoms with Crippen LogP contribution in [-0.4, -0.2) is 43.7 Å². The highest BCUT2D eigenvalue weighted by Crippen LogP contribution is 2.22. The van der Waals surface area contributed by atoms with Gasteiger partial charge in [-0.2, -0.15) is 5.10 Å². The lowest BCUT2D eigenvalue weighted by Crippen LogP contribution is -2.36. The van der Waals surface area contributed by atoms with E-state index in [0.29, 0.717) is 18.0 Å². The van der Waals surface area contributed by atoms with Crippen LogP contribution in [0.4, 0.5) is 5.82 Å². The number of hydrogen-bond donors (Lipinski definition) is 1. The van der Waals surface area contributed by atoms with Gasteiger partial charge < -0.3 is 10.2 Å². The van der Waals surface area contributed by atoms with Gasteiger partial charge in [-0.15, -0.1) is 10.2 Å². The summed E-state index contributed by atoms with van der Waals surface area (Å²) in [7, 11) is 0. The zero-order chi connectivity index (χ0) is 15.5. The summed E-state index contributed by atoms with van der Waals surface area (Å²) in [5, 5.41) is 15.6. The maximum atomic E-state index is 12.7. The van der Waals surface area contributed by atoms with Gasteiger partial charge in [-0.3, -0.25) is 4.79 Å². The molecule has 0 aliphatic carbocycles. The van der Waals surface area contributed by atoms with Crippen LogP contribution in [0.25, 0.3) is 0 Å². The molecule has 0 aromatic carbocycles. The van der Waals surface area contributed by atoms with E-state index in [9.17, 15) is 4.79 Å². The van der Waals surface area contributed by atoms with Crippen LogP contribution < -0.4 is 5.32 Å². The van der Waals surface area contributed by atoms with Crippen molar-refractivity contribution in [2.24, 2.45) is 0 Å². The number of rotatable bonds is 4. The van der Waals surface area contributed by atoms with E-state index in [2.05, 4.69) is 25.1 Å². The number of nitrogens with zero attached hydrogens (tertiary/aromatic N) is 5. The molecule has 1 amide bonds. The molecule has 0 atom stereocenters. The molecule has 22 heavy (non-hydrogen) atoms. The van der Waals surface area contributed by atoms with Gasteiger partial charge in [0.2, 0.25) is 0 Å². The van der Waals surface area contributed by atoms with Crippen molar-refractivity contribution in [2.45, 2.75) is 33.2 Å². The SMILES string of the molecule is CCNc1cc2c(nn1)CCN(C(=O)c1snnc1CC)C2. The van der Waals surface area contributed by atoms with Gasteiger partial charge in [0.25, 0.3) is 5.91 Å². The molecule has 8 heteroatoms. The Morgan fingerprint density at radius 2 is 2.23 bits per heavy atom. The van der Waals surface area contributed by atoms with Gasteiger partial charge >= 0.3 is 0 Å². The second-order valence-corrected chi connectivity index (χ2v) is 5.86. The maximum absolute atomic E-state index is 12.7. The van der Waals surface area contributed by atoms with Gasteiger partial charge in [0.05, 0.1) is 11.4 Å². The topological polar surface area (TPSA) is 83.9 Å². The summed E-state index contributed by atoms with van der Waals surface area (Å²) in [6, 6.07) is 1.98. The molecule has 2 aromatic rings. The molecular formula is C14H18N6OS. The molecule has 0 saturated carbocycles. The summed E-state index contributed by atoms with van der Waals surface area (Å²) in [4.78, 5) is 15.2. The number of carbonyl (C=O) groups excluding carboxylic acids is 1. The Bertz CT molecular complexity index is 686. The zero-order valence-electron chi connectivity index (χ0n) is 12.7. The summed E-state index contributed by atoms with van der Waals surface area (Å²) in [5.74, 6) is 0.767. The van der Waals surface area contributed by atoms with Crippen LogP contribution in [0.2, 0.25) is 0 Å². The molecule has 0 radical (unpaired) electrons. The fraction of sp³-hybridized carbons (Fsp3) is 0.500.